The summed E-state index contributed by atoms with van der Waals surface area (Å²) in [6, 6.07) is 4.69. The van der Waals surface area contributed by atoms with Crippen molar-refractivity contribution in [3.8, 4) is 0 Å². The highest BCUT2D eigenvalue weighted by Gasteiger charge is 2.33. The van der Waals surface area contributed by atoms with E-state index in [1.165, 1.54) is 30.5 Å². The Morgan fingerprint density at radius 1 is 1.12 bits per heavy atom. The van der Waals surface area contributed by atoms with Crippen molar-refractivity contribution in [2.75, 3.05) is 5.32 Å². The number of hydrogen-bond donors (Lipinski definition) is 3. The van der Waals surface area contributed by atoms with E-state index in [-0.39, 0.29) is 30.4 Å². The van der Waals surface area contributed by atoms with Crippen molar-refractivity contribution in [3.05, 3.63) is 65.0 Å². The first kappa shape index (κ1) is 22.9. The van der Waals surface area contributed by atoms with Gasteiger partial charge >= 0.3 is 5.97 Å². The standard InChI is InChI=1S/C21H19F3N4O4/c22-15-10-17(24)16(23)8-12(15)7-13(25)9-19(29)28-18(5-6-26-28)20(30)27-14-3-1-11(2-4-14)21(31)32/h1-4,6,8,10,13,18H,5,7,9,25H2,(H,27,30)(H,31,32)/t13-,18?/m1/s1. The van der Waals surface area contributed by atoms with E-state index in [0.29, 0.717) is 17.8 Å². The maximum atomic E-state index is 13.8. The van der Waals surface area contributed by atoms with Crippen LogP contribution in [0.4, 0.5) is 18.9 Å². The highest BCUT2D eigenvalue weighted by atomic mass is 19.2. The van der Waals surface area contributed by atoms with Gasteiger partial charge in [-0.05, 0) is 42.3 Å². The van der Waals surface area contributed by atoms with Gasteiger partial charge in [0.2, 0.25) is 11.8 Å². The summed E-state index contributed by atoms with van der Waals surface area (Å²) in [6.45, 7) is 0. The van der Waals surface area contributed by atoms with Crippen LogP contribution in [-0.2, 0) is 16.0 Å². The van der Waals surface area contributed by atoms with E-state index in [1.54, 1.807) is 0 Å². The lowest BCUT2D eigenvalue weighted by molar-refractivity contribution is -0.137. The van der Waals surface area contributed by atoms with Crippen molar-refractivity contribution in [1.29, 1.82) is 0 Å². The van der Waals surface area contributed by atoms with Gasteiger partial charge in [-0.15, -0.1) is 0 Å². The van der Waals surface area contributed by atoms with Crippen LogP contribution in [0.2, 0.25) is 0 Å². The average Bonchev–Trinajstić information content (AvgIpc) is 3.22. The Bertz CT molecular complexity index is 1080. The van der Waals surface area contributed by atoms with Crippen molar-refractivity contribution in [2.24, 2.45) is 10.8 Å². The van der Waals surface area contributed by atoms with E-state index < -0.39 is 47.3 Å². The number of rotatable bonds is 7. The van der Waals surface area contributed by atoms with Gasteiger partial charge in [-0.1, -0.05) is 0 Å². The van der Waals surface area contributed by atoms with E-state index in [1.807, 2.05) is 0 Å². The molecule has 32 heavy (non-hydrogen) atoms. The summed E-state index contributed by atoms with van der Waals surface area (Å²) in [6.07, 6.45) is 1.00. The highest BCUT2D eigenvalue weighted by Crippen LogP contribution is 2.19. The number of carbonyl (C=O) groups is 3. The Morgan fingerprint density at radius 3 is 2.44 bits per heavy atom. The first-order chi connectivity index (χ1) is 15.2. The first-order valence-corrected chi connectivity index (χ1v) is 9.53. The lowest BCUT2D eigenvalue weighted by Crippen LogP contribution is -2.43. The molecular formula is C21H19F3N4O4. The quantitative estimate of drug-likeness (QED) is 0.561. The molecule has 0 saturated carbocycles. The lowest BCUT2D eigenvalue weighted by Gasteiger charge is -2.23. The van der Waals surface area contributed by atoms with Crippen LogP contribution in [0.15, 0.2) is 41.5 Å². The maximum Gasteiger partial charge on any atom is 0.335 e. The summed E-state index contributed by atoms with van der Waals surface area (Å²) < 4.78 is 40.2. The summed E-state index contributed by atoms with van der Waals surface area (Å²) in [4.78, 5) is 36.1. The number of hydrogen-bond acceptors (Lipinski definition) is 5. The second-order valence-electron chi connectivity index (χ2n) is 7.19. The van der Waals surface area contributed by atoms with Crippen LogP contribution in [0.3, 0.4) is 0 Å². The molecule has 0 bridgehead atoms. The number of nitrogens with zero attached hydrogens (tertiary/aromatic N) is 2. The monoisotopic (exact) mass is 448 g/mol. The largest absolute Gasteiger partial charge is 0.478 e. The Hall–Kier alpha value is -3.73. The molecule has 0 aromatic heterocycles. The third-order valence-corrected chi connectivity index (χ3v) is 4.80. The number of benzene rings is 2. The van der Waals surface area contributed by atoms with E-state index in [0.717, 1.165) is 5.01 Å². The third kappa shape index (κ3) is 5.30. The van der Waals surface area contributed by atoms with Crippen LogP contribution in [0.25, 0.3) is 0 Å². The molecule has 2 atom stereocenters. The molecule has 1 heterocycles. The van der Waals surface area contributed by atoms with Crippen LogP contribution in [0, 0.1) is 17.5 Å². The van der Waals surface area contributed by atoms with Crippen molar-refractivity contribution in [3.63, 3.8) is 0 Å². The summed E-state index contributed by atoms with van der Waals surface area (Å²) in [5.74, 6) is -5.78. The number of carboxylic acids is 1. The second kappa shape index (κ2) is 9.60. The van der Waals surface area contributed by atoms with Crippen molar-refractivity contribution in [1.82, 2.24) is 5.01 Å². The predicted octanol–water partition coefficient (Wildman–Crippen LogP) is 2.29. The highest BCUT2D eigenvalue weighted by molar-refractivity contribution is 6.00. The van der Waals surface area contributed by atoms with E-state index >= 15 is 0 Å². The molecule has 1 aliphatic heterocycles. The number of nitrogens with two attached hydrogens (primary N) is 1. The van der Waals surface area contributed by atoms with Crippen LogP contribution in [-0.4, -0.2) is 46.2 Å². The fourth-order valence-corrected chi connectivity index (χ4v) is 3.19. The lowest BCUT2D eigenvalue weighted by atomic mass is 10.0. The fraction of sp³-hybridized carbons (Fsp3) is 0.238. The Morgan fingerprint density at radius 2 is 1.78 bits per heavy atom. The molecule has 2 aromatic rings. The van der Waals surface area contributed by atoms with E-state index in [2.05, 4.69) is 10.4 Å². The van der Waals surface area contributed by atoms with Gasteiger partial charge in [0, 0.05) is 36.9 Å². The molecule has 4 N–H and O–H groups in total. The predicted molar refractivity (Wildman–Crippen MR) is 108 cm³/mol. The first-order valence-electron chi connectivity index (χ1n) is 9.53. The molecule has 1 aliphatic rings. The molecule has 0 radical (unpaired) electrons. The molecule has 2 aromatic carbocycles. The number of hydrazone groups is 1. The topological polar surface area (TPSA) is 125 Å². The molecule has 2 amide bonds. The maximum absolute atomic E-state index is 13.8. The zero-order valence-corrected chi connectivity index (χ0v) is 16.6. The number of carbonyl (C=O) groups excluding carboxylic acids is 2. The number of amides is 2. The van der Waals surface area contributed by atoms with Crippen molar-refractivity contribution >= 4 is 29.7 Å². The fourth-order valence-electron chi connectivity index (χ4n) is 3.19. The minimum Gasteiger partial charge on any atom is -0.478 e. The number of aromatic carboxylic acids is 1. The summed E-state index contributed by atoms with van der Waals surface area (Å²) in [7, 11) is 0. The summed E-state index contributed by atoms with van der Waals surface area (Å²) >= 11 is 0. The number of halogens is 3. The second-order valence-corrected chi connectivity index (χ2v) is 7.19. The molecule has 3 rings (SSSR count). The number of carboxylic acid groups (broad SMARTS) is 1. The van der Waals surface area contributed by atoms with Gasteiger partial charge in [0.15, 0.2) is 11.6 Å². The molecule has 0 aliphatic carbocycles. The van der Waals surface area contributed by atoms with Gasteiger partial charge in [-0.3, -0.25) is 9.59 Å². The summed E-state index contributed by atoms with van der Waals surface area (Å²) in [5, 5.41) is 16.4. The third-order valence-electron chi connectivity index (χ3n) is 4.80. The van der Waals surface area contributed by atoms with Gasteiger partial charge in [0.05, 0.1) is 5.56 Å². The number of anilines is 1. The SMILES string of the molecule is N[C@@H](CC(=O)N1N=CCC1C(=O)Nc1ccc(C(=O)O)cc1)Cc1cc(F)c(F)cc1F. The van der Waals surface area contributed by atoms with Crippen LogP contribution in [0.5, 0.6) is 0 Å². The zero-order valence-electron chi connectivity index (χ0n) is 16.6. The van der Waals surface area contributed by atoms with Crippen LogP contribution in [0.1, 0.15) is 28.8 Å². The molecule has 0 fully saturated rings. The van der Waals surface area contributed by atoms with Crippen molar-refractivity contribution in [2.45, 2.75) is 31.3 Å². The Balaban J connectivity index is 1.60. The molecule has 168 valence electrons. The van der Waals surface area contributed by atoms with Gasteiger partial charge in [0.1, 0.15) is 11.9 Å². The van der Waals surface area contributed by atoms with Gasteiger partial charge in [-0.2, -0.15) is 5.10 Å². The van der Waals surface area contributed by atoms with Gasteiger partial charge in [0.25, 0.3) is 0 Å². The molecule has 0 spiro atoms. The molecule has 11 heteroatoms. The van der Waals surface area contributed by atoms with E-state index in [4.69, 9.17) is 10.8 Å². The van der Waals surface area contributed by atoms with Gasteiger partial charge in [-0.25, -0.2) is 23.0 Å². The number of nitrogens with one attached hydrogen (secondary N) is 1. The molecule has 1 unspecified atom stereocenters. The van der Waals surface area contributed by atoms with Crippen LogP contribution >= 0.6 is 0 Å². The molecule has 0 saturated heterocycles. The summed E-state index contributed by atoms with van der Waals surface area (Å²) in [5.41, 5.74) is 6.10. The molecule has 8 nitrogen and oxygen atoms in total. The molecular weight excluding hydrogens is 429 g/mol. The van der Waals surface area contributed by atoms with Crippen molar-refractivity contribution < 1.29 is 32.7 Å². The average molecular weight is 448 g/mol. The van der Waals surface area contributed by atoms with Gasteiger partial charge < -0.3 is 16.2 Å². The Kier molecular flexibility index (Phi) is 6.89. The van der Waals surface area contributed by atoms with E-state index in [9.17, 15) is 27.6 Å². The van der Waals surface area contributed by atoms with Crippen LogP contribution < -0.4 is 11.1 Å². The minimum atomic E-state index is -1.33. The smallest absolute Gasteiger partial charge is 0.335 e. The zero-order chi connectivity index (χ0) is 23.4. The Labute approximate surface area is 180 Å². The normalized spacial score (nSPS) is 16.1. The minimum absolute atomic E-state index is 0.0514.